The monoisotopic (exact) mass is 395 g/mol. The van der Waals surface area contributed by atoms with Crippen molar-refractivity contribution in [1.82, 2.24) is 4.90 Å². The van der Waals surface area contributed by atoms with E-state index in [4.69, 9.17) is 28.3 Å². The maximum absolute atomic E-state index is 12.7. The van der Waals surface area contributed by atoms with Crippen LogP contribution in [0.25, 0.3) is 0 Å². The molecule has 0 aromatic heterocycles. The number of carbonyl (C=O) groups excluding carboxylic acids is 1. The van der Waals surface area contributed by atoms with E-state index in [1.54, 1.807) is 17.0 Å². The summed E-state index contributed by atoms with van der Waals surface area (Å²) in [6.07, 6.45) is 0.494. The Morgan fingerprint density at radius 1 is 1.08 bits per heavy atom. The number of halogens is 2. The van der Waals surface area contributed by atoms with Crippen LogP contribution in [0.4, 0.5) is 16.2 Å². The summed E-state index contributed by atoms with van der Waals surface area (Å²) >= 11 is 12.0. The number of urea groups is 1. The van der Waals surface area contributed by atoms with Gasteiger partial charge in [0.25, 0.3) is 0 Å². The summed E-state index contributed by atoms with van der Waals surface area (Å²) in [7, 11) is 3.92. The van der Waals surface area contributed by atoms with Crippen LogP contribution in [0.2, 0.25) is 10.0 Å². The fourth-order valence-corrected chi connectivity index (χ4v) is 2.74. The molecule has 0 aliphatic heterocycles. The van der Waals surface area contributed by atoms with Crippen molar-refractivity contribution in [2.75, 3.05) is 37.5 Å². The van der Waals surface area contributed by atoms with Gasteiger partial charge in [0.2, 0.25) is 0 Å². The standard InChI is InChI=1S/C19H23Cl2N3O2/c1-23(2)16-7-5-15(6-8-16)22-19(26)24(10-3-11-25)13-14-4-9-17(20)18(21)12-14/h4-9,12,25H,3,10-11,13H2,1-2H3,(H,22,26). The molecule has 0 aliphatic carbocycles. The van der Waals surface area contributed by atoms with Crippen molar-refractivity contribution in [3.05, 3.63) is 58.1 Å². The van der Waals surface area contributed by atoms with Crippen LogP contribution in [0, 0.1) is 0 Å². The fourth-order valence-electron chi connectivity index (χ4n) is 2.42. The van der Waals surface area contributed by atoms with Gasteiger partial charge in [0.1, 0.15) is 0 Å². The van der Waals surface area contributed by atoms with E-state index in [9.17, 15) is 4.79 Å². The molecule has 26 heavy (non-hydrogen) atoms. The van der Waals surface area contributed by atoms with E-state index < -0.39 is 0 Å². The molecule has 2 rings (SSSR count). The van der Waals surface area contributed by atoms with Crippen molar-refractivity contribution >= 4 is 40.6 Å². The van der Waals surface area contributed by atoms with E-state index >= 15 is 0 Å². The molecule has 2 aromatic rings. The smallest absolute Gasteiger partial charge is 0.322 e. The predicted octanol–water partition coefficient (Wildman–Crippen LogP) is 4.48. The average Bonchev–Trinajstić information content (AvgIpc) is 2.62. The lowest BCUT2D eigenvalue weighted by Crippen LogP contribution is -2.35. The lowest BCUT2D eigenvalue weighted by atomic mass is 10.2. The number of hydrogen-bond donors (Lipinski definition) is 2. The highest BCUT2D eigenvalue weighted by Gasteiger charge is 2.15. The van der Waals surface area contributed by atoms with E-state index in [1.165, 1.54) is 0 Å². The zero-order valence-corrected chi connectivity index (χ0v) is 16.4. The largest absolute Gasteiger partial charge is 0.396 e. The van der Waals surface area contributed by atoms with Gasteiger partial charge < -0.3 is 20.2 Å². The first-order valence-corrected chi connectivity index (χ1v) is 9.04. The van der Waals surface area contributed by atoms with Crippen LogP contribution < -0.4 is 10.2 Å². The number of amides is 2. The third-order valence-electron chi connectivity index (χ3n) is 3.87. The van der Waals surface area contributed by atoms with E-state index in [-0.39, 0.29) is 12.6 Å². The molecule has 0 saturated heterocycles. The molecule has 5 nitrogen and oxygen atoms in total. The highest BCUT2D eigenvalue weighted by Crippen LogP contribution is 2.23. The number of carbonyl (C=O) groups is 1. The molecule has 0 saturated carbocycles. The summed E-state index contributed by atoms with van der Waals surface area (Å²) < 4.78 is 0. The predicted molar refractivity (Wildman–Crippen MR) is 108 cm³/mol. The summed E-state index contributed by atoms with van der Waals surface area (Å²) in [6.45, 7) is 0.819. The number of nitrogens with one attached hydrogen (secondary N) is 1. The van der Waals surface area contributed by atoms with Crippen molar-refractivity contribution in [2.24, 2.45) is 0 Å². The van der Waals surface area contributed by atoms with Gasteiger partial charge in [-0.1, -0.05) is 29.3 Å². The Kier molecular flexibility index (Phi) is 7.57. The van der Waals surface area contributed by atoms with Crippen LogP contribution in [0.15, 0.2) is 42.5 Å². The molecule has 2 amide bonds. The number of aliphatic hydroxyl groups excluding tert-OH is 1. The highest BCUT2D eigenvalue weighted by atomic mass is 35.5. The van der Waals surface area contributed by atoms with E-state index in [1.807, 2.05) is 49.3 Å². The number of anilines is 2. The molecular formula is C19H23Cl2N3O2. The second-order valence-electron chi connectivity index (χ2n) is 6.12. The zero-order valence-electron chi connectivity index (χ0n) is 14.9. The average molecular weight is 396 g/mol. The Balaban J connectivity index is 2.08. The van der Waals surface area contributed by atoms with Crippen LogP contribution in [0.1, 0.15) is 12.0 Å². The normalized spacial score (nSPS) is 10.5. The molecule has 0 atom stereocenters. The van der Waals surface area contributed by atoms with Gasteiger partial charge in [-0.15, -0.1) is 0 Å². The van der Waals surface area contributed by atoms with Gasteiger partial charge in [-0.2, -0.15) is 0 Å². The number of rotatable bonds is 7. The number of nitrogens with zero attached hydrogens (tertiary/aromatic N) is 2. The molecule has 0 aliphatic rings. The second-order valence-corrected chi connectivity index (χ2v) is 6.93. The molecule has 0 spiro atoms. The van der Waals surface area contributed by atoms with E-state index in [2.05, 4.69) is 5.32 Å². The van der Waals surface area contributed by atoms with Crippen LogP contribution in [0.3, 0.4) is 0 Å². The summed E-state index contributed by atoms with van der Waals surface area (Å²) in [5.74, 6) is 0. The van der Waals surface area contributed by atoms with Gasteiger partial charge in [0.05, 0.1) is 10.0 Å². The van der Waals surface area contributed by atoms with Crippen LogP contribution >= 0.6 is 23.2 Å². The first kappa shape index (κ1) is 20.4. The lowest BCUT2D eigenvalue weighted by molar-refractivity contribution is 0.199. The minimum atomic E-state index is -0.234. The minimum Gasteiger partial charge on any atom is -0.396 e. The van der Waals surface area contributed by atoms with Gasteiger partial charge in [0, 0.05) is 45.2 Å². The van der Waals surface area contributed by atoms with Gasteiger partial charge in [0.15, 0.2) is 0 Å². The molecule has 7 heteroatoms. The Morgan fingerprint density at radius 2 is 1.77 bits per heavy atom. The topological polar surface area (TPSA) is 55.8 Å². The summed E-state index contributed by atoms with van der Waals surface area (Å²) in [5, 5.41) is 12.9. The molecule has 0 fully saturated rings. The number of hydrogen-bond acceptors (Lipinski definition) is 3. The Morgan fingerprint density at radius 3 is 2.35 bits per heavy atom. The molecular weight excluding hydrogens is 373 g/mol. The van der Waals surface area contributed by atoms with Crippen LogP contribution in [0.5, 0.6) is 0 Å². The molecule has 0 bridgehead atoms. The van der Waals surface area contributed by atoms with Crippen molar-refractivity contribution in [1.29, 1.82) is 0 Å². The number of benzene rings is 2. The molecule has 0 radical (unpaired) electrons. The second kappa shape index (κ2) is 9.67. The fraction of sp³-hybridized carbons (Fsp3) is 0.316. The Hall–Kier alpha value is -1.95. The Labute approximate surface area is 164 Å². The summed E-state index contributed by atoms with van der Waals surface area (Å²) in [6, 6.07) is 12.6. The molecule has 0 heterocycles. The first-order valence-electron chi connectivity index (χ1n) is 8.29. The lowest BCUT2D eigenvalue weighted by Gasteiger charge is -2.23. The van der Waals surface area contributed by atoms with Crippen molar-refractivity contribution < 1.29 is 9.90 Å². The van der Waals surface area contributed by atoms with Crippen molar-refractivity contribution in [3.8, 4) is 0 Å². The third kappa shape index (κ3) is 5.80. The molecule has 2 aromatic carbocycles. The SMILES string of the molecule is CN(C)c1ccc(NC(=O)N(CCCO)Cc2ccc(Cl)c(Cl)c2)cc1. The van der Waals surface area contributed by atoms with Crippen LogP contribution in [-0.2, 0) is 6.54 Å². The van der Waals surface area contributed by atoms with Gasteiger partial charge in [-0.25, -0.2) is 4.79 Å². The minimum absolute atomic E-state index is 0.0166. The first-order chi connectivity index (χ1) is 12.4. The van der Waals surface area contributed by atoms with Crippen molar-refractivity contribution in [3.63, 3.8) is 0 Å². The Bertz CT molecular complexity index is 736. The third-order valence-corrected chi connectivity index (χ3v) is 4.60. The highest BCUT2D eigenvalue weighted by molar-refractivity contribution is 6.42. The summed E-state index contributed by atoms with van der Waals surface area (Å²) in [5.41, 5.74) is 2.63. The van der Waals surface area contributed by atoms with E-state index in [0.29, 0.717) is 35.2 Å². The number of aliphatic hydroxyl groups is 1. The maximum atomic E-state index is 12.7. The van der Waals surface area contributed by atoms with Gasteiger partial charge >= 0.3 is 6.03 Å². The quantitative estimate of drug-likeness (QED) is 0.726. The van der Waals surface area contributed by atoms with Gasteiger partial charge in [-0.3, -0.25) is 0 Å². The van der Waals surface area contributed by atoms with Crippen LogP contribution in [-0.4, -0.2) is 43.3 Å². The maximum Gasteiger partial charge on any atom is 0.322 e. The molecule has 2 N–H and O–H groups in total. The van der Waals surface area contributed by atoms with Crippen molar-refractivity contribution in [2.45, 2.75) is 13.0 Å². The van der Waals surface area contributed by atoms with Gasteiger partial charge in [-0.05, 0) is 48.4 Å². The van der Waals surface area contributed by atoms with E-state index in [0.717, 1.165) is 11.3 Å². The molecule has 0 unspecified atom stereocenters. The zero-order chi connectivity index (χ0) is 19.1. The summed E-state index contributed by atoms with van der Waals surface area (Å²) in [4.78, 5) is 16.3. The molecule has 140 valence electrons.